The van der Waals surface area contributed by atoms with Crippen LogP contribution in [0.15, 0.2) is 66.7 Å². The molecule has 3 N–H and O–H groups in total. The largest absolute Gasteiger partial charge is 0.497 e. The van der Waals surface area contributed by atoms with Gasteiger partial charge in [-0.2, -0.15) is 0 Å². The molecule has 3 aromatic carbocycles. The average Bonchev–Trinajstić information content (AvgIpc) is 3.30. The molecule has 0 fully saturated rings. The number of rotatable bonds is 5. The number of halogens is 1. The summed E-state index contributed by atoms with van der Waals surface area (Å²) < 4.78 is 5.44. The zero-order valence-corrected chi connectivity index (χ0v) is 22.0. The lowest BCUT2D eigenvalue weighted by Gasteiger charge is -2.36. The molecule has 2 heterocycles. The van der Waals surface area contributed by atoms with Crippen LogP contribution >= 0.6 is 11.6 Å². The molecular formula is C31H28ClN3O3. The minimum absolute atomic E-state index is 0.178. The molecule has 1 amide bonds. The number of carbonyl (C=O) groups is 1. The molecule has 0 aliphatic heterocycles. The van der Waals surface area contributed by atoms with E-state index in [1.165, 1.54) is 0 Å². The SMILES string of the molecule is COc1ccc2nc(-c3ccccc3)cc(C(=O)NC3(CO)CCc4[nH]c5c(C)cc(Cl)cc5c4C3)c2c1. The smallest absolute Gasteiger partial charge is 0.252 e. The Balaban J connectivity index is 1.42. The highest BCUT2D eigenvalue weighted by molar-refractivity contribution is 6.31. The summed E-state index contributed by atoms with van der Waals surface area (Å²) in [7, 11) is 1.60. The van der Waals surface area contributed by atoms with E-state index in [1.807, 2.05) is 73.7 Å². The Kier molecular flexibility index (Phi) is 6.09. The van der Waals surface area contributed by atoms with Gasteiger partial charge in [0.25, 0.3) is 5.91 Å². The van der Waals surface area contributed by atoms with Crippen molar-refractivity contribution in [3.8, 4) is 17.0 Å². The summed E-state index contributed by atoms with van der Waals surface area (Å²) >= 11 is 6.39. The van der Waals surface area contributed by atoms with Crippen molar-refractivity contribution in [1.82, 2.24) is 15.3 Å². The molecule has 6 nitrogen and oxygen atoms in total. The normalized spacial score (nSPS) is 16.9. The van der Waals surface area contributed by atoms with Crippen LogP contribution < -0.4 is 10.1 Å². The second-order valence-electron chi connectivity index (χ2n) is 10.1. The predicted octanol–water partition coefficient (Wildman–Crippen LogP) is 6.00. The third-order valence-corrected chi connectivity index (χ3v) is 7.86. The Hall–Kier alpha value is -3.87. The molecule has 0 bridgehead atoms. The van der Waals surface area contributed by atoms with Gasteiger partial charge in [-0.15, -0.1) is 0 Å². The molecule has 5 aromatic rings. The first-order valence-electron chi connectivity index (χ1n) is 12.7. The number of benzene rings is 3. The van der Waals surface area contributed by atoms with Crippen LogP contribution in [0.25, 0.3) is 33.1 Å². The fourth-order valence-corrected chi connectivity index (χ4v) is 5.88. The number of aromatic amines is 1. The number of carbonyl (C=O) groups excluding carboxylic acids is 1. The fraction of sp³-hybridized carbons (Fsp3) is 0.226. The summed E-state index contributed by atoms with van der Waals surface area (Å²) in [5, 5.41) is 16.3. The molecule has 1 atom stereocenters. The van der Waals surface area contributed by atoms with Crippen LogP contribution in [0.4, 0.5) is 0 Å². The van der Waals surface area contributed by atoms with E-state index < -0.39 is 5.54 Å². The highest BCUT2D eigenvalue weighted by atomic mass is 35.5. The van der Waals surface area contributed by atoms with Crippen molar-refractivity contribution in [2.45, 2.75) is 31.7 Å². The topological polar surface area (TPSA) is 87.2 Å². The number of nitrogens with one attached hydrogen (secondary N) is 2. The Labute approximate surface area is 225 Å². The number of hydrogen-bond acceptors (Lipinski definition) is 4. The van der Waals surface area contributed by atoms with Crippen molar-refractivity contribution >= 4 is 39.3 Å². The first-order valence-corrected chi connectivity index (χ1v) is 13.0. The molecule has 0 saturated carbocycles. The lowest BCUT2D eigenvalue weighted by molar-refractivity contribution is 0.0810. The zero-order valence-electron chi connectivity index (χ0n) is 21.3. The van der Waals surface area contributed by atoms with E-state index >= 15 is 0 Å². The van der Waals surface area contributed by atoms with Crippen LogP contribution in [-0.2, 0) is 12.8 Å². The third kappa shape index (κ3) is 4.20. The van der Waals surface area contributed by atoms with Gasteiger partial charge in [-0.3, -0.25) is 4.79 Å². The van der Waals surface area contributed by atoms with Crippen LogP contribution in [0.1, 0.15) is 33.6 Å². The van der Waals surface area contributed by atoms with Crippen molar-refractivity contribution < 1.29 is 14.6 Å². The Morgan fingerprint density at radius 3 is 2.71 bits per heavy atom. The summed E-state index contributed by atoms with van der Waals surface area (Å²) in [6, 6.07) is 21.1. The number of amides is 1. The molecule has 2 aromatic heterocycles. The molecule has 1 aliphatic rings. The summed E-state index contributed by atoms with van der Waals surface area (Å²) in [4.78, 5) is 22.3. The van der Waals surface area contributed by atoms with E-state index in [-0.39, 0.29) is 12.5 Å². The quantitative estimate of drug-likeness (QED) is 0.262. The summed E-state index contributed by atoms with van der Waals surface area (Å²) in [6.07, 6.45) is 1.82. The van der Waals surface area contributed by atoms with Crippen LogP contribution in [0.5, 0.6) is 5.75 Å². The lowest BCUT2D eigenvalue weighted by atomic mass is 9.80. The molecule has 38 heavy (non-hydrogen) atoms. The number of aliphatic hydroxyl groups excluding tert-OH is 1. The number of aliphatic hydroxyl groups is 1. The second kappa shape index (κ2) is 9.46. The number of pyridine rings is 1. The van der Waals surface area contributed by atoms with Crippen LogP contribution in [0, 0.1) is 6.92 Å². The second-order valence-corrected chi connectivity index (χ2v) is 10.5. The van der Waals surface area contributed by atoms with Gasteiger partial charge in [0.05, 0.1) is 36.0 Å². The van der Waals surface area contributed by atoms with Crippen LogP contribution in [-0.4, -0.2) is 40.2 Å². The number of hydrogen-bond donors (Lipinski definition) is 3. The van der Waals surface area contributed by atoms with Gasteiger partial charge in [0.1, 0.15) is 5.75 Å². The fourth-order valence-electron chi connectivity index (χ4n) is 5.61. The summed E-state index contributed by atoms with van der Waals surface area (Å²) in [5.41, 5.74) is 6.37. The number of aryl methyl sites for hydroxylation is 2. The Bertz CT molecular complexity index is 1700. The van der Waals surface area contributed by atoms with Gasteiger partial charge in [-0.05, 0) is 67.3 Å². The van der Waals surface area contributed by atoms with Gasteiger partial charge in [0.2, 0.25) is 0 Å². The number of nitrogens with zero attached hydrogens (tertiary/aromatic N) is 1. The summed E-state index contributed by atoms with van der Waals surface area (Å²) in [5.74, 6) is 0.389. The zero-order chi connectivity index (χ0) is 26.4. The van der Waals surface area contributed by atoms with E-state index in [4.69, 9.17) is 21.3 Å². The maximum absolute atomic E-state index is 14.0. The third-order valence-electron chi connectivity index (χ3n) is 7.65. The highest BCUT2D eigenvalue weighted by Gasteiger charge is 2.38. The number of ether oxygens (including phenoxy) is 1. The molecular weight excluding hydrogens is 498 g/mol. The minimum atomic E-state index is -0.809. The van der Waals surface area contributed by atoms with E-state index in [1.54, 1.807) is 7.11 Å². The van der Waals surface area contributed by atoms with Gasteiger partial charge < -0.3 is 20.1 Å². The molecule has 6 rings (SSSR count). The van der Waals surface area contributed by atoms with Crippen molar-refractivity contribution in [3.63, 3.8) is 0 Å². The van der Waals surface area contributed by atoms with E-state index in [0.29, 0.717) is 52.2 Å². The van der Waals surface area contributed by atoms with Crippen molar-refractivity contribution in [3.05, 3.63) is 94.1 Å². The Morgan fingerprint density at radius 2 is 1.95 bits per heavy atom. The van der Waals surface area contributed by atoms with Crippen LogP contribution in [0.3, 0.4) is 0 Å². The molecule has 0 saturated heterocycles. The minimum Gasteiger partial charge on any atom is -0.497 e. The highest BCUT2D eigenvalue weighted by Crippen LogP contribution is 2.37. The summed E-state index contributed by atoms with van der Waals surface area (Å²) in [6.45, 7) is 1.85. The molecule has 192 valence electrons. The number of fused-ring (bicyclic) bond motifs is 4. The van der Waals surface area contributed by atoms with Crippen molar-refractivity contribution in [2.24, 2.45) is 0 Å². The van der Waals surface area contributed by atoms with Gasteiger partial charge in [0, 0.05) is 39.0 Å². The lowest BCUT2D eigenvalue weighted by Crippen LogP contribution is -2.54. The predicted molar refractivity (Wildman–Crippen MR) is 151 cm³/mol. The first-order chi connectivity index (χ1) is 18.4. The molecule has 1 unspecified atom stereocenters. The maximum Gasteiger partial charge on any atom is 0.252 e. The first kappa shape index (κ1) is 24.5. The molecule has 0 radical (unpaired) electrons. The van der Waals surface area contributed by atoms with Gasteiger partial charge in [-0.1, -0.05) is 41.9 Å². The van der Waals surface area contributed by atoms with E-state index in [2.05, 4.69) is 10.3 Å². The monoisotopic (exact) mass is 525 g/mol. The van der Waals surface area contributed by atoms with Gasteiger partial charge in [0.15, 0.2) is 0 Å². The number of methoxy groups -OCH3 is 1. The van der Waals surface area contributed by atoms with Gasteiger partial charge in [-0.25, -0.2) is 4.98 Å². The van der Waals surface area contributed by atoms with Gasteiger partial charge >= 0.3 is 0 Å². The number of aromatic nitrogens is 2. The maximum atomic E-state index is 14.0. The molecule has 7 heteroatoms. The molecule has 1 aliphatic carbocycles. The standard InChI is InChI=1S/C31H28ClN3O3/c1-18-12-20(32)13-23-25-16-31(17-36,11-10-27(25)34-29(18)23)35-30(37)24-15-28(19-6-4-3-5-7-19)33-26-9-8-21(38-2)14-22(24)26/h3-9,12-15,34,36H,10-11,16-17H2,1-2H3,(H,35,37). The average molecular weight is 526 g/mol. The van der Waals surface area contributed by atoms with Crippen molar-refractivity contribution in [2.75, 3.05) is 13.7 Å². The van der Waals surface area contributed by atoms with Crippen LogP contribution in [0.2, 0.25) is 5.02 Å². The van der Waals surface area contributed by atoms with E-state index in [0.717, 1.165) is 33.3 Å². The number of H-pyrrole nitrogens is 1. The van der Waals surface area contributed by atoms with Crippen molar-refractivity contribution in [1.29, 1.82) is 0 Å². The van der Waals surface area contributed by atoms with E-state index in [9.17, 15) is 9.90 Å². The Morgan fingerprint density at radius 1 is 1.13 bits per heavy atom. The molecule has 0 spiro atoms.